The van der Waals surface area contributed by atoms with Gasteiger partial charge in [-0.2, -0.15) is 0 Å². The number of nitrogens with zero attached hydrogens (tertiary/aromatic N) is 1. The molecule has 0 radical (unpaired) electrons. The Morgan fingerprint density at radius 1 is 1.13 bits per heavy atom. The van der Waals surface area contributed by atoms with Gasteiger partial charge in [-0.05, 0) is 54.0 Å². The van der Waals surface area contributed by atoms with Crippen molar-refractivity contribution in [3.8, 4) is 0 Å². The Labute approximate surface area is 178 Å². The molecule has 0 unspecified atom stereocenters. The fourth-order valence-electron chi connectivity index (χ4n) is 2.99. The molecule has 0 saturated carbocycles. The monoisotopic (exact) mass is 425 g/mol. The molecule has 1 heterocycles. The summed E-state index contributed by atoms with van der Waals surface area (Å²) in [6.07, 6.45) is 0. The van der Waals surface area contributed by atoms with Crippen LogP contribution in [0.1, 0.15) is 40.1 Å². The summed E-state index contributed by atoms with van der Waals surface area (Å²) >= 11 is 5.36. The number of carbonyl (C=O) groups excluding carboxylic acids is 2. The van der Waals surface area contributed by atoms with E-state index in [1.807, 2.05) is 13.8 Å². The van der Waals surface area contributed by atoms with Crippen LogP contribution in [0.3, 0.4) is 0 Å². The van der Waals surface area contributed by atoms with E-state index in [2.05, 4.69) is 10.3 Å². The highest BCUT2D eigenvalue weighted by molar-refractivity contribution is 7.71. The van der Waals surface area contributed by atoms with Crippen molar-refractivity contribution >= 4 is 35.0 Å². The molecule has 1 amide bonds. The first-order chi connectivity index (χ1) is 14.3. The van der Waals surface area contributed by atoms with Gasteiger partial charge in [-0.3, -0.25) is 14.2 Å². The fourth-order valence-corrected chi connectivity index (χ4v) is 3.24. The highest BCUT2D eigenvalue weighted by atomic mass is 32.1. The van der Waals surface area contributed by atoms with Crippen LogP contribution in [0.25, 0.3) is 10.9 Å². The summed E-state index contributed by atoms with van der Waals surface area (Å²) in [6, 6.07) is 11.7. The number of ether oxygens (including phenoxy) is 1. The van der Waals surface area contributed by atoms with Crippen molar-refractivity contribution in [3.05, 3.63) is 74.3 Å². The Morgan fingerprint density at radius 2 is 1.80 bits per heavy atom. The van der Waals surface area contributed by atoms with E-state index >= 15 is 0 Å². The Balaban J connectivity index is 1.87. The minimum absolute atomic E-state index is 0.128. The van der Waals surface area contributed by atoms with Crippen LogP contribution in [0.15, 0.2) is 47.3 Å². The highest BCUT2D eigenvalue weighted by Gasteiger charge is 2.11. The standard InChI is InChI=1S/C22H23N3O4S/c1-13(2)11-23-19(26)15-6-4-14(5-7-15)12-25-20(27)17-9-8-16(21(28)29-3)10-18(17)24-22(25)30/h4-10,13H,11-12H2,1-3H3,(H,23,26)(H,24,30). The molecule has 0 saturated heterocycles. The van der Waals surface area contributed by atoms with Crippen molar-refractivity contribution in [1.82, 2.24) is 14.9 Å². The molecule has 156 valence electrons. The molecule has 0 bridgehead atoms. The largest absolute Gasteiger partial charge is 0.465 e. The Hall–Kier alpha value is -3.26. The summed E-state index contributed by atoms with van der Waals surface area (Å²) in [5, 5.41) is 3.29. The van der Waals surface area contributed by atoms with Gasteiger partial charge in [-0.15, -0.1) is 0 Å². The number of amides is 1. The van der Waals surface area contributed by atoms with E-state index in [9.17, 15) is 14.4 Å². The van der Waals surface area contributed by atoms with Crippen LogP contribution in [0.5, 0.6) is 0 Å². The van der Waals surface area contributed by atoms with Crippen molar-refractivity contribution < 1.29 is 14.3 Å². The number of fused-ring (bicyclic) bond motifs is 1. The second-order valence-electron chi connectivity index (χ2n) is 7.37. The number of carbonyl (C=O) groups is 2. The zero-order valence-corrected chi connectivity index (χ0v) is 17.8. The Bertz CT molecular complexity index is 1210. The third-order valence-corrected chi connectivity index (χ3v) is 4.95. The second kappa shape index (κ2) is 9.04. The number of aromatic amines is 1. The summed E-state index contributed by atoms with van der Waals surface area (Å²) in [4.78, 5) is 39.8. The molecule has 3 rings (SSSR count). The molecule has 0 aliphatic rings. The topological polar surface area (TPSA) is 93.2 Å². The second-order valence-corrected chi connectivity index (χ2v) is 7.76. The fraction of sp³-hybridized carbons (Fsp3) is 0.273. The maximum atomic E-state index is 12.9. The maximum absolute atomic E-state index is 12.9. The van der Waals surface area contributed by atoms with Gasteiger partial charge < -0.3 is 15.0 Å². The molecule has 0 aliphatic heterocycles. The first kappa shape index (κ1) is 21.4. The molecule has 0 spiro atoms. The molecule has 7 nitrogen and oxygen atoms in total. The van der Waals surface area contributed by atoms with Crippen molar-refractivity contribution in [2.24, 2.45) is 5.92 Å². The molecule has 0 fully saturated rings. The van der Waals surface area contributed by atoms with Crippen LogP contribution in [0.4, 0.5) is 0 Å². The number of benzene rings is 2. The average molecular weight is 426 g/mol. The van der Waals surface area contributed by atoms with Gasteiger partial charge >= 0.3 is 5.97 Å². The molecule has 1 aromatic heterocycles. The van der Waals surface area contributed by atoms with Crippen molar-refractivity contribution in [1.29, 1.82) is 0 Å². The lowest BCUT2D eigenvalue weighted by Gasteiger charge is -2.10. The highest BCUT2D eigenvalue weighted by Crippen LogP contribution is 2.13. The van der Waals surface area contributed by atoms with Crippen molar-refractivity contribution in [2.45, 2.75) is 20.4 Å². The zero-order chi connectivity index (χ0) is 21.8. The summed E-state index contributed by atoms with van der Waals surface area (Å²) in [7, 11) is 1.30. The molecule has 0 aliphatic carbocycles. The molecule has 0 atom stereocenters. The van der Waals surface area contributed by atoms with Crippen LogP contribution >= 0.6 is 12.2 Å². The Kier molecular flexibility index (Phi) is 6.47. The molecule has 30 heavy (non-hydrogen) atoms. The lowest BCUT2D eigenvalue weighted by molar-refractivity contribution is 0.0600. The van der Waals surface area contributed by atoms with Crippen LogP contribution in [-0.2, 0) is 11.3 Å². The number of nitrogens with one attached hydrogen (secondary N) is 2. The van der Waals surface area contributed by atoms with Gasteiger partial charge in [0.2, 0.25) is 0 Å². The van der Waals surface area contributed by atoms with Gasteiger partial charge in [0.15, 0.2) is 4.77 Å². The van der Waals surface area contributed by atoms with E-state index in [0.29, 0.717) is 34.5 Å². The lowest BCUT2D eigenvalue weighted by Crippen LogP contribution is -2.27. The number of H-pyrrole nitrogens is 1. The zero-order valence-electron chi connectivity index (χ0n) is 17.0. The minimum atomic E-state index is -0.488. The number of aromatic nitrogens is 2. The van der Waals surface area contributed by atoms with Crippen LogP contribution in [-0.4, -0.2) is 35.1 Å². The van der Waals surface area contributed by atoms with Gasteiger partial charge in [0.1, 0.15) is 0 Å². The summed E-state index contributed by atoms with van der Waals surface area (Å²) in [6.45, 7) is 4.94. The number of hydrogen-bond acceptors (Lipinski definition) is 5. The van der Waals surface area contributed by atoms with Gasteiger partial charge in [0, 0.05) is 12.1 Å². The summed E-state index contributed by atoms with van der Waals surface area (Å²) < 4.78 is 6.40. The molecule has 3 aromatic rings. The lowest BCUT2D eigenvalue weighted by atomic mass is 10.1. The van der Waals surface area contributed by atoms with Gasteiger partial charge in [-0.1, -0.05) is 26.0 Å². The van der Waals surface area contributed by atoms with E-state index in [1.54, 1.807) is 42.5 Å². The van der Waals surface area contributed by atoms with E-state index in [1.165, 1.54) is 11.7 Å². The first-order valence-electron chi connectivity index (χ1n) is 9.52. The first-order valence-corrected chi connectivity index (χ1v) is 9.93. The number of esters is 1. The molecular formula is C22H23N3O4S. The smallest absolute Gasteiger partial charge is 0.337 e. The summed E-state index contributed by atoms with van der Waals surface area (Å²) in [5.41, 5.74) is 1.94. The number of rotatable bonds is 6. The van der Waals surface area contributed by atoms with E-state index in [0.717, 1.165) is 5.56 Å². The van der Waals surface area contributed by atoms with Gasteiger partial charge in [-0.25, -0.2) is 4.79 Å². The van der Waals surface area contributed by atoms with E-state index in [-0.39, 0.29) is 22.8 Å². The molecule has 8 heteroatoms. The van der Waals surface area contributed by atoms with Crippen LogP contribution in [0, 0.1) is 10.7 Å². The minimum Gasteiger partial charge on any atom is -0.465 e. The normalized spacial score (nSPS) is 10.9. The van der Waals surface area contributed by atoms with Crippen molar-refractivity contribution in [3.63, 3.8) is 0 Å². The molecular weight excluding hydrogens is 402 g/mol. The molecule has 2 N–H and O–H groups in total. The average Bonchev–Trinajstić information content (AvgIpc) is 2.74. The quantitative estimate of drug-likeness (QED) is 0.467. The molecule has 2 aromatic carbocycles. The Morgan fingerprint density at radius 3 is 2.43 bits per heavy atom. The SMILES string of the molecule is COC(=O)c1ccc2c(=O)n(Cc3ccc(C(=O)NCC(C)C)cc3)c(=S)[nH]c2c1. The third-order valence-electron chi connectivity index (χ3n) is 4.63. The number of methoxy groups -OCH3 is 1. The maximum Gasteiger partial charge on any atom is 0.337 e. The predicted octanol–water partition coefficient (Wildman–Crippen LogP) is 3.28. The van der Waals surface area contributed by atoms with Crippen LogP contribution < -0.4 is 10.9 Å². The van der Waals surface area contributed by atoms with Crippen LogP contribution in [0.2, 0.25) is 0 Å². The van der Waals surface area contributed by atoms with Gasteiger partial charge in [0.05, 0.1) is 30.1 Å². The summed E-state index contributed by atoms with van der Waals surface area (Å²) in [5.74, 6) is -0.242. The third kappa shape index (κ3) is 4.65. The number of hydrogen-bond donors (Lipinski definition) is 2. The van der Waals surface area contributed by atoms with E-state index in [4.69, 9.17) is 17.0 Å². The van der Waals surface area contributed by atoms with Gasteiger partial charge in [0.25, 0.3) is 11.5 Å². The predicted molar refractivity (Wildman–Crippen MR) is 117 cm³/mol. The van der Waals surface area contributed by atoms with Crippen molar-refractivity contribution in [2.75, 3.05) is 13.7 Å². The van der Waals surface area contributed by atoms with E-state index < -0.39 is 5.97 Å².